The second kappa shape index (κ2) is 8.34. The number of aliphatic hydroxyl groups is 1. The lowest BCUT2D eigenvalue weighted by Gasteiger charge is -2.49. The van der Waals surface area contributed by atoms with Gasteiger partial charge in [-0.25, -0.2) is 4.79 Å². The van der Waals surface area contributed by atoms with Crippen molar-refractivity contribution in [2.45, 2.75) is 86.9 Å². The summed E-state index contributed by atoms with van der Waals surface area (Å²) in [4.78, 5) is 24.6. The Kier molecular flexibility index (Phi) is 7.31. The third-order valence-corrected chi connectivity index (χ3v) is 6.37. The predicted octanol–water partition coefficient (Wildman–Crippen LogP) is 4.28. The number of hydrogen-bond donors (Lipinski definition) is 1. The Morgan fingerprint density at radius 1 is 1.04 bits per heavy atom. The molecule has 3 atom stereocenters. The van der Waals surface area contributed by atoms with Crippen molar-refractivity contribution in [2.75, 3.05) is 6.61 Å². The van der Waals surface area contributed by atoms with Gasteiger partial charge in [0.2, 0.25) is 0 Å². The normalized spacial score (nSPS) is 24.3. The minimum absolute atomic E-state index is 0.141. The van der Waals surface area contributed by atoms with Crippen LogP contribution in [0.1, 0.15) is 74.7 Å². The van der Waals surface area contributed by atoms with Crippen LogP contribution in [0.2, 0.25) is 0 Å². The Bertz CT molecular complexity index is 550. The van der Waals surface area contributed by atoms with Crippen molar-refractivity contribution >= 4 is 11.9 Å². The van der Waals surface area contributed by atoms with Crippen LogP contribution in [0.25, 0.3) is 0 Å². The van der Waals surface area contributed by atoms with Crippen molar-refractivity contribution in [3.05, 3.63) is 12.2 Å². The van der Waals surface area contributed by atoms with E-state index < -0.39 is 17.5 Å². The van der Waals surface area contributed by atoms with Crippen molar-refractivity contribution in [3.63, 3.8) is 0 Å². The summed E-state index contributed by atoms with van der Waals surface area (Å²) in [5, 5.41) is 10.4. The van der Waals surface area contributed by atoms with Crippen LogP contribution in [0.5, 0.6) is 0 Å². The molecule has 0 aliphatic heterocycles. The van der Waals surface area contributed by atoms with Gasteiger partial charge < -0.3 is 14.6 Å². The standard InChI is InChI=1S/C22H38O5/c1-14(2)18(24)27-16-11-10-15(17(23)12-16)13-26-19(25)22(9,20(3,4)5)21(6,7)8/h15-17,23H,1,10-13H2,2-9H3. The fourth-order valence-electron chi connectivity index (χ4n) is 3.79. The molecule has 5 heteroatoms. The van der Waals surface area contributed by atoms with E-state index in [2.05, 4.69) is 48.1 Å². The third kappa shape index (κ3) is 5.34. The zero-order valence-electron chi connectivity index (χ0n) is 18.3. The molecule has 0 amide bonds. The van der Waals surface area contributed by atoms with Gasteiger partial charge in [0.15, 0.2) is 0 Å². The van der Waals surface area contributed by atoms with Crippen LogP contribution >= 0.6 is 0 Å². The largest absolute Gasteiger partial charge is 0.465 e. The smallest absolute Gasteiger partial charge is 0.333 e. The summed E-state index contributed by atoms with van der Waals surface area (Å²) in [5.41, 5.74) is -0.853. The van der Waals surface area contributed by atoms with E-state index in [0.29, 0.717) is 24.8 Å². The molecule has 0 aromatic rings. The van der Waals surface area contributed by atoms with Gasteiger partial charge in [-0.2, -0.15) is 0 Å². The topological polar surface area (TPSA) is 72.8 Å². The van der Waals surface area contributed by atoms with E-state index >= 15 is 0 Å². The van der Waals surface area contributed by atoms with Crippen LogP contribution < -0.4 is 0 Å². The molecule has 0 radical (unpaired) electrons. The number of esters is 2. The number of ether oxygens (including phenoxy) is 2. The quantitative estimate of drug-likeness (QED) is 0.568. The first-order chi connectivity index (χ1) is 12.1. The molecule has 156 valence electrons. The fourth-order valence-corrected chi connectivity index (χ4v) is 3.79. The molecule has 0 aromatic carbocycles. The zero-order valence-corrected chi connectivity index (χ0v) is 18.3. The van der Waals surface area contributed by atoms with Crippen LogP contribution in [0.15, 0.2) is 12.2 Å². The molecule has 5 nitrogen and oxygen atoms in total. The van der Waals surface area contributed by atoms with Crippen molar-refractivity contribution < 1.29 is 24.2 Å². The van der Waals surface area contributed by atoms with E-state index in [9.17, 15) is 14.7 Å². The lowest BCUT2D eigenvalue weighted by molar-refractivity contribution is -0.176. The van der Waals surface area contributed by atoms with Crippen molar-refractivity contribution in [3.8, 4) is 0 Å². The monoisotopic (exact) mass is 382 g/mol. The maximum Gasteiger partial charge on any atom is 0.333 e. The first kappa shape index (κ1) is 23.7. The van der Waals surface area contributed by atoms with Crippen LogP contribution in [0, 0.1) is 22.2 Å². The highest BCUT2D eigenvalue weighted by Crippen LogP contribution is 2.52. The molecule has 1 N–H and O–H groups in total. The number of aliphatic hydroxyl groups excluding tert-OH is 1. The Hall–Kier alpha value is -1.36. The van der Waals surface area contributed by atoms with Gasteiger partial charge in [0.25, 0.3) is 0 Å². The minimum atomic E-state index is -0.667. The molecule has 1 rings (SSSR count). The summed E-state index contributed by atoms with van der Waals surface area (Å²) in [6.45, 7) is 19.6. The van der Waals surface area contributed by atoms with Gasteiger partial charge in [-0.15, -0.1) is 0 Å². The van der Waals surface area contributed by atoms with Crippen LogP contribution in [-0.2, 0) is 19.1 Å². The summed E-state index contributed by atoms with van der Waals surface area (Å²) < 4.78 is 11.0. The molecule has 0 bridgehead atoms. The van der Waals surface area contributed by atoms with Gasteiger partial charge in [-0.05, 0) is 37.5 Å². The minimum Gasteiger partial charge on any atom is -0.465 e. The fraction of sp³-hybridized carbons (Fsp3) is 0.818. The van der Waals surface area contributed by atoms with E-state index in [0.717, 1.165) is 0 Å². The SMILES string of the molecule is C=C(C)C(=O)OC1CCC(COC(=O)C(C)(C(C)(C)C)C(C)(C)C)C(O)C1. The first-order valence-corrected chi connectivity index (χ1v) is 9.83. The Morgan fingerprint density at radius 2 is 1.56 bits per heavy atom. The molecular weight excluding hydrogens is 344 g/mol. The van der Waals surface area contributed by atoms with Crippen molar-refractivity contribution in [1.29, 1.82) is 0 Å². The zero-order chi connectivity index (χ0) is 21.2. The van der Waals surface area contributed by atoms with Gasteiger partial charge in [-0.3, -0.25) is 4.79 Å². The lowest BCUT2D eigenvalue weighted by atomic mass is 9.55. The highest BCUT2D eigenvalue weighted by Gasteiger charge is 2.53. The molecule has 1 aliphatic carbocycles. The van der Waals surface area contributed by atoms with Gasteiger partial charge >= 0.3 is 11.9 Å². The Morgan fingerprint density at radius 3 is 1.96 bits per heavy atom. The summed E-state index contributed by atoms with van der Waals surface area (Å²) in [5.74, 6) is -0.799. The number of carbonyl (C=O) groups is 2. The van der Waals surface area contributed by atoms with Crippen molar-refractivity contribution in [1.82, 2.24) is 0 Å². The van der Waals surface area contributed by atoms with E-state index in [4.69, 9.17) is 9.47 Å². The van der Waals surface area contributed by atoms with Gasteiger partial charge in [0, 0.05) is 17.9 Å². The summed E-state index contributed by atoms with van der Waals surface area (Å²) in [7, 11) is 0. The number of carbonyl (C=O) groups excluding carboxylic acids is 2. The van der Waals surface area contributed by atoms with E-state index in [1.807, 2.05) is 6.92 Å². The van der Waals surface area contributed by atoms with Gasteiger partial charge in [-0.1, -0.05) is 48.1 Å². The van der Waals surface area contributed by atoms with E-state index in [-0.39, 0.29) is 35.4 Å². The third-order valence-electron chi connectivity index (χ3n) is 6.37. The second-order valence-electron chi connectivity index (χ2n) is 10.2. The predicted molar refractivity (Wildman–Crippen MR) is 106 cm³/mol. The molecule has 1 fully saturated rings. The average Bonchev–Trinajstić information content (AvgIpc) is 2.50. The van der Waals surface area contributed by atoms with Gasteiger partial charge in [0.1, 0.15) is 6.10 Å². The molecule has 3 unspecified atom stereocenters. The molecule has 1 aliphatic rings. The van der Waals surface area contributed by atoms with E-state index in [1.165, 1.54) is 0 Å². The summed E-state index contributed by atoms with van der Waals surface area (Å²) >= 11 is 0. The summed E-state index contributed by atoms with van der Waals surface area (Å²) in [6, 6.07) is 0. The molecule has 0 spiro atoms. The molecule has 0 aromatic heterocycles. The summed E-state index contributed by atoms with van der Waals surface area (Å²) in [6.07, 6.45) is 0.672. The second-order valence-corrected chi connectivity index (χ2v) is 10.2. The van der Waals surface area contributed by atoms with Crippen LogP contribution in [0.3, 0.4) is 0 Å². The molecular formula is C22H38O5. The van der Waals surface area contributed by atoms with Crippen molar-refractivity contribution in [2.24, 2.45) is 22.2 Å². The molecule has 1 saturated carbocycles. The lowest BCUT2D eigenvalue weighted by Crippen LogP contribution is -2.51. The highest BCUT2D eigenvalue weighted by molar-refractivity contribution is 5.87. The van der Waals surface area contributed by atoms with Gasteiger partial charge in [0.05, 0.1) is 18.1 Å². The first-order valence-electron chi connectivity index (χ1n) is 9.83. The maximum absolute atomic E-state index is 13.0. The Balaban J connectivity index is 2.69. The number of rotatable bonds is 5. The molecule has 0 heterocycles. The van der Waals surface area contributed by atoms with Crippen LogP contribution in [-0.4, -0.2) is 35.9 Å². The number of hydrogen-bond acceptors (Lipinski definition) is 5. The van der Waals surface area contributed by atoms with Crippen LogP contribution in [0.4, 0.5) is 0 Å². The molecule has 0 saturated heterocycles. The average molecular weight is 383 g/mol. The molecule has 27 heavy (non-hydrogen) atoms. The Labute approximate surface area is 164 Å². The maximum atomic E-state index is 13.0. The van der Waals surface area contributed by atoms with E-state index in [1.54, 1.807) is 6.92 Å². The highest BCUT2D eigenvalue weighted by atomic mass is 16.5.